The van der Waals surface area contributed by atoms with Crippen LogP contribution in [-0.4, -0.2) is 59.4 Å². The van der Waals surface area contributed by atoms with E-state index in [1.165, 1.54) is 0 Å². The van der Waals surface area contributed by atoms with Crippen LogP contribution in [-0.2, 0) is 9.59 Å². The molecule has 0 saturated carbocycles. The molecule has 0 aromatic heterocycles. The second kappa shape index (κ2) is 8.54. The molecule has 0 spiro atoms. The third-order valence-corrected chi connectivity index (χ3v) is 4.17. The van der Waals surface area contributed by atoms with Crippen molar-refractivity contribution in [3.8, 4) is 5.75 Å². The van der Waals surface area contributed by atoms with Gasteiger partial charge in [-0.15, -0.1) is 12.4 Å². The van der Waals surface area contributed by atoms with Gasteiger partial charge >= 0.3 is 0 Å². The van der Waals surface area contributed by atoms with Crippen molar-refractivity contribution in [2.75, 3.05) is 26.2 Å². The molecule has 0 bridgehead atoms. The van der Waals surface area contributed by atoms with E-state index in [0.717, 1.165) is 11.3 Å². The number of carbonyl (C=O) groups excluding carboxylic acids is 2. The number of para-hydroxylation sites is 1. The van der Waals surface area contributed by atoms with E-state index >= 15 is 0 Å². The predicted molar refractivity (Wildman–Crippen MR) is 99.9 cm³/mol. The summed E-state index contributed by atoms with van der Waals surface area (Å²) in [4.78, 5) is 28.2. The van der Waals surface area contributed by atoms with Crippen molar-refractivity contribution in [2.45, 2.75) is 39.3 Å². The fourth-order valence-electron chi connectivity index (χ4n) is 2.72. The van der Waals surface area contributed by atoms with E-state index in [-0.39, 0.29) is 24.2 Å². The first-order chi connectivity index (χ1) is 11.2. The maximum Gasteiger partial charge on any atom is 0.263 e. The normalized spacial score (nSPS) is 16.0. The number of piperazine rings is 1. The molecule has 2 amide bonds. The Hall–Kier alpha value is -1.79. The monoisotopic (exact) mass is 369 g/mol. The molecule has 1 heterocycles. The summed E-state index contributed by atoms with van der Waals surface area (Å²) in [7, 11) is 0. The Bertz CT molecular complexity index is 608. The van der Waals surface area contributed by atoms with Crippen LogP contribution in [0.3, 0.4) is 0 Å². The van der Waals surface area contributed by atoms with Gasteiger partial charge in [-0.2, -0.15) is 0 Å². The van der Waals surface area contributed by atoms with Crippen LogP contribution in [0.4, 0.5) is 0 Å². The number of benzene rings is 1. The molecular formula is C18H28ClN3O3. The third kappa shape index (κ3) is 5.34. The highest BCUT2D eigenvalue weighted by atomic mass is 35.5. The molecule has 0 aliphatic carbocycles. The maximum atomic E-state index is 12.6. The largest absolute Gasteiger partial charge is 0.481 e. The molecule has 1 fully saturated rings. The van der Waals surface area contributed by atoms with Crippen molar-refractivity contribution in [2.24, 2.45) is 5.73 Å². The molecule has 2 rings (SSSR count). The minimum atomic E-state index is -0.882. The van der Waals surface area contributed by atoms with Gasteiger partial charge in [0.15, 0.2) is 6.10 Å². The molecule has 1 aromatic rings. The number of nitrogens with two attached hydrogens (primary N) is 1. The van der Waals surface area contributed by atoms with E-state index < -0.39 is 11.6 Å². The van der Waals surface area contributed by atoms with Crippen molar-refractivity contribution in [3.63, 3.8) is 0 Å². The van der Waals surface area contributed by atoms with Gasteiger partial charge in [0.25, 0.3) is 5.91 Å². The summed E-state index contributed by atoms with van der Waals surface area (Å²) < 4.78 is 5.80. The molecule has 2 N–H and O–H groups in total. The Labute approximate surface area is 155 Å². The lowest BCUT2D eigenvalue weighted by atomic mass is 10.0. The van der Waals surface area contributed by atoms with Crippen LogP contribution in [0.5, 0.6) is 5.75 Å². The molecule has 1 saturated heterocycles. The summed E-state index contributed by atoms with van der Waals surface area (Å²) in [5.74, 6) is 0.577. The second-order valence-electron chi connectivity index (χ2n) is 6.86. The van der Waals surface area contributed by atoms with E-state index in [0.29, 0.717) is 26.2 Å². The Morgan fingerprint density at radius 3 is 2.16 bits per heavy atom. The van der Waals surface area contributed by atoms with Crippen LogP contribution in [0.15, 0.2) is 24.3 Å². The maximum absolute atomic E-state index is 12.6. The molecule has 1 atom stereocenters. The zero-order valence-corrected chi connectivity index (χ0v) is 16.1. The molecule has 25 heavy (non-hydrogen) atoms. The van der Waals surface area contributed by atoms with Crippen LogP contribution < -0.4 is 10.5 Å². The topological polar surface area (TPSA) is 75.9 Å². The predicted octanol–water partition coefficient (Wildman–Crippen LogP) is 1.59. The zero-order valence-electron chi connectivity index (χ0n) is 15.3. The molecule has 7 heteroatoms. The van der Waals surface area contributed by atoms with Gasteiger partial charge in [-0.3, -0.25) is 9.59 Å². The second-order valence-corrected chi connectivity index (χ2v) is 6.86. The summed E-state index contributed by atoms with van der Waals surface area (Å²) >= 11 is 0. The number of aryl methyl sites for hydroxylation is 1. The first-order valence-corrected chi connectivity index (χ1v) is 8.29. The number of ether oxygens (including phenoxy) is 1. The summed E-state index contributed by atoms with van der Waals surface area (Å²) in [5, 5.41) is 0. The first kappa shape index (κ1) is 21.3. The van der Waals surface area contributed by atoms with Gasteiger partial charge in [-0.25, -0.2) is 0 Å². The molecule has 1 aromatic carbocycles. The Morgan fingerprint density at radius 2 is 1.64 bits per heavy atom. The molecule has 1 unspecified atom stereocenters. The van der Waals surface area contributed by atoms with Crippen molar-refractivity contribution in [1.29, 1.82) is 0 Å². The van der Waals surface area contributed by atoms with Gasteiger partial charge in [-0.05, 0) is 39.3 Å². The lowest BCUT2D eigenvalue weighted by Crippen LogP contribution is -2.58. The summed E-state index contributed by atoms with van der Waals surface area (Å²) in [6.07, 6.45) is -0.556. The highest BCUT2D eigenvalue weighted by Crippen LogP contribution is 2.19. The van der Waals surface area contributed by atoms with Gasteiger partial charge in [0, 0.05) is 26.2 Å². The minimum absolute atomic E-state index is 0. The van der Waals surface area contributed by atoms with Crippen molar-refractivity contribution in [3.05, 3.63) is 29.8 Å². The Morgan fingerprint density at radius 1 is 1.12 bits per heavy atom. The SMILES string of the molecule is Cc1ccccc1OC(C)C(=O)N1CCN(C(=O)C(C)(C)N)CC1.Cl. The fourth-order valence-corrected chi connectivity index (χ4v) is 2.72. The summed E-state index contributed by atoms with van der Waals surface area (Å²) in [6.45, 7) is 9.12. The average molecular weight is 370 g/mol. The van der Waals surface area contributed by atoms with Crippen LogP contribution in [0.2, 0.25) is 0 Å². The minimum Gasteiger partial charge on any atom is -0.481 e. The van der Waals surface area contributed by atoms with Crippen molar-refractivity contribution in [1.82, 2.24) is 9.80 Å². The van der Waals surface area contributed by atoms with Crippen molar-refractivity contribution >= 4 is 24.2 Å². The molecule has 6 nitrogen and oxygen atoms in total. The van der Waals surface area contributed by atoms with E-state index in [2.05, 4.69) is 0 Å². The van der Waals surface area contributed by atoms with E-state index in [4.69, 9.17) is 10.5 Å². The van der Waals surface area contributed by atoms with Gasteiger partial charge < -0.3 is 20.3 Å². The molecule has 140 valence electrons. The number of carbonyl (C=O) groups is 2. The fraction of sp³-hybridized carbons (Fsp3) is 0.556. The quantitative estimate of drug-likeness (QED) is 0.874. The molecular weight excluding hydrogens is 342 g/mol. The lowest BCUT2D eigenvalue weighted by Gasteiger charge is -2.38. The molecule has 0 radical (unpaired) electrons. The number of halogens is 1. The van der Waals surface area contributed by atoms with Gasteiger partial charge in [0.05, 0.1) is 5.54 Å². The number of nitrogens with zero attached hydrogens (tertiary/aromatic N) is 2. The zero-order chi connectivity index (χ0) is 17.9. The van der Waals surface area contributed by atoms with Gasteiger partial charge in [0.2, 0.25) is 5.91 Å². The Balaban J connectivity index is 0.00000312. The molecule has 1 aliphatic heterocycles. The van der Waals surface area contributed by atoms with E-state index in [1.54, 1.807) is 30.6 Å². The van der Waals surface area contributed by atoms with Crippen LogP contribution >= 0.6 is 12.4 Å². The van der Waals surface area contributed by atoms with E-state index in [9.17, 15) is 9.59 Å². The van der Waals surface area contributed by atoms with Crippen LogP contribution in [0, 0.1) is 6.92 Å². The van der Waals surface area contributed by atoms with Crippen LogP contribution in [0.1, 0.15) is 26.3 Å². The number of hydrogen-bond acceptors (Lipinski definition) is 4. The highest BCUT2D eigenvalue weighted by molar-refractivity contribution is 5.86. The smallest absolute Gasteiger partial charge is 0.263 e. The number of hydrogen-bond donors (Lipinski definition) is 1. The van der Waals surface area contributed by atoms with E-state index in [1.807, 2.05) is 31.2 Å². The first-order valence-electron chi connectivity index (χ1n) is 8.29. The average Bonchev–Trinajstić information content (AvgIpc) is 2.55. The summed E-state index contributed by atoms with van der Waals surface area (Å²) in [5.41, 5.74) is 5.98. The standard InChI is InChI=1S/C18H27N3O3.ClH/c1-13-7-5-6-8-15(13)24-14(2)16(22)20-9-11-21(12-10-20)17(23)18(3,4)19;/h5-8,14H,9-12,19H2,1-4H3;1H. The molecule has 1 aliphatic rings. The van der Waals surface area contributed by atoms with Gasteiger partial charge in [0.1, 0.15) is 5.75 Å². The van der Waals surface area contributed by atoms with Crippen molar-refractivity contribution < 1.29 is 14.3 Å². The number of rotatable bonds is 4. The van der Waals surface area contributed by atoms with Gasteiger partial charge in [-0.1, -0.05) is 18.2 Å². The lowest BCUT2D eigenvalue weighted by molar-refractivity contribution is -0.145. The third-order valence-electron chi connectivity index (χ3n) is 4.17. The summed E-state index contributed by atoms with van der Waals surface area (Å²) in [6, 6.07) is 7.63. The highest BCUT2D eigenvalue weighted by Gasteiger charge is 2.32. The Kier molecular flexibility index (Phi) is 7.26. The van der Waals surface area contributed by atoms with Crippen LogP contribution in [0.25, 0.3) is 0 Å². The number of amides is 2.